The van der Waals surface area contributed by atoms with Crippen molar-refractivity contribution < 1.29 is 14.3 Å². The van der Waals surface area contributed by atoms with Crippen LogP contribution in [0.15, 0.2) is 42.0 Å². The second-order valence-corrected chi connectivity index (χ2v) is 6.85. The molecule has 0 aliphatic rings. The Morgan fingerprint density at radius 1 is 1.32 bits per heavy atom. The lowest BCUT2D eigenvalue weighted by atomic mass is 10.1. The molecule has 0 aliphatic carbocycles. The minimum atomic E-state index is -0.556. The Hall–Kier alpha value is -2.68. The monoisotopic (exact) mass is 418 g/mol. The van der Waals surface area contributed by atoms with Crippen molar-refractivity contribution in [3.63, 3.8) is 0 Å². The van der Waals surface area contributed by atoms with Gasteiger partial charge < -0.3 is 14.8 Å². The molecule has 5 nitrogen and oxygen atoms in total. The molecule has 0 heterocycles. The number of hydrogen-bond donors (Lipinski definition) is 1. The van der Waals surface area contributed by atoms with E-state index in [-0.39, 0.29) is 11.7 Å². The predicted molar refractivity (Wildman–Crippen MR) is 112 cm³/mol. The lowest BCUT2D eigenvalue weighted by Gasteiger charge is -2.17. The SMILES string of the molecule is CCC(C)Oc1c(Cl)cc(C=C(C#N)C(=O)Nc2cccc(Cl)c2)cc1OC. The van der Waals surface area contributed by atoms with Gasteiger partial charge in [-0.25, -0.2) is 0 Å². The summed E-state index contributed by atoms with van der Waals surface area (Å²) in [7, 11) is 1.50. The van der Waals surface area contributed by atoms with Gasteiger partial charge in [-0.15, -0.1) is 0 Å². The van der Waals surface area contributed by atoms with E-state index in [9.17, 15) is 10.1 Å². The number of nitriles is 1. The smallest absolute Gasteiger partial charge is 0.266 e. The average molecular weight is 419 g/mol. The van der Waals surface area contributed by atoms with Gasteiger partial charge in [0.1, 0.15) is 11.6 Å². The van der Waals surface area contributed by atoms with E-state index in [4.69, 9.17) is 32.7 Å². The predicted octanol–water partition coefficient (Wildman–Crippen LogP) is 5.72. The van der Waals surface area contributed by atoms with Crippen LogP contribution < -0.4 is 14.8 Å². The van der Waals surface area contributed by atoms with Crippen LogP contribution in [0.25, 0.3) is 6.08 Å². The Morgan fingerprint density at radius 3 is 2.68 bits per heavy atom. The fraction of sp³-hybridized carbons (Fsp3) is 0.238. The maximum atomic E-state index is 12.4. The number of methoxy groups -OCH3 is 1. The lowest BCUT2D eigenvalue weighted by molar-refractivity contribution is -0.112. The number of benzene rings is 2. The highest BCUT2D eigenvalue weighted by Gasteiger charge is 2.16. The third-order valence-electron chi connectivity index (χ3n) is 3.90. The van der Waals surface area contributed by atoms with E-state index in [1.54, 1.807) is 36.4 Å². The molecule has 0 radical (unpaired) electrons. The number of nitrogens with zero attached hydrogens (tertiary/aromatic N) is 1. The van der Waals surface area contributed by atoms with Crippen molar-refractivity contribution in [2.75, 3.05) is 12.4 Å². The molecule has 2 aromatic carbocycles. The van der Waals surface area contributed by atoms with Crippen molar-refractivity contribution in [2.24, 2.45) is 0 Å². The second-order valence-electron chi connectivity index (χ2n) is 6.01. The maximum Gasteiger partial charge on any atom is 0.266 e. The Balaban J connectivity index is 2.31. The van der Waals surface area contributed by atoms with Crippen molar-refractivity contribution in [2.45, 2.75) is 26.4 Å². The molecule has 0 saturated carbocycles. The number of anilines is 1. The summed E-state index contributed by atoms with van der Waals surface area (Å²) in [5.74, 6) is 0.295. The molecule has 2 rings (SSSR count). The van der Waals surface area contributed by atoms with E-state index in [0.717, 1.165) is 6.42 Å². The number of halogens is 2. The van der Waals surface area contributed by atoms with Gasteiger partial charge in [-0.3, -0.25) is 4.79 Å². The zero-order valence-electron chi connectivity index (χ0n) is 15.8. The fourth-order valence-electron chi connectivity index (χ4n) is 2.30. The molecule has 0 fully saturated rings. The van der Waals surface area contributed by atoms with E-state index < -0.39 is 5.91 Å². The topological polar surface area (TPSA) is 71.3 Å². The first-order valence-corrected chi connectivity index (χ1v) is 9.36. The summed E-state index contributed by atoms with van der Waals surface area (Å²) >= 11 is 12.2. The molecule has 28 heavy (non-hydrogen) atoms. The van der Waals surface area contributed by atoms with Crippen molar-refractivity contribution in [3.05, 3.63) is 57.6 Å². The molecule has 1 unspecified atom stereocenters. The molecule has 7 heteroatoms. The molecule has 0 saturated heterocycles. The third-order valence-corrected chi connectivity index (χ3v) is 4.42. The summed E-state index contributed by atoms with van der Waals surface area (Å²) in [4.78, 5) is 12.4. The molecule has 0 spiro atoms. The Bertz CT molecular complexity index is 936. The number of amides is 1. The summed E-state index contributed by atoms with van der Waals surface area (Å²) in [5.41, 5.74) is 0.941. The zero-order chi connectivity index (χ0) is 20.7. The van der Waals surface area contributed by atoms with Crippen molar-refractivity contribution >= 4 is 40.9 Å². The van der Waals surface area contributed by atoms with Gasteiger partial charge in [-0.1, -0.05) is 36.2 Å². The van der Waals surface area contributed by atoms with Crippen molar-refractivity contribution in [1.82, 2.24) is 0 Å². The van der Waals surface area contributed by atoms with E-state index in [1.807, 2.05) is 19.9 Å². The standard InChI is InChI=1S/C21H20Cl2N2O3/c1-4-13(2)28-20-18(23)9-14(10-19(20)27-3)8-15(12-24)21(26)25-17-7-5-6-16(22)11-17/h5-11,13H,4H2,1-3H3,(H,25,26). The van der Waals surface area contributed by atoms with Crippen LogP contribution in [0.5, 0.6) is 11.5 Å². The molecular formula is C21H20Cl2N2O3. The molecular weight excluding hydrogens is 399 g/mol. The minimum absolute atomic E-state index is 0.0362. The number of carbonyl (C=O) groups excluding carboxylic acids is 1. The van der Waals surface area contributed by atoms with Gasteiger partial charge in [0.05, 0.1) is 18.2 Å². The van der Waals surface area contributed by atoms with Crippen LogP contribution in [0.4, 0.5) is 5.69 Å². The highest BCUT2D eigenvalue weighted by molar-refractivity contribution is 6.32. The van der Waals surface area contributed by atoms with Crippen LogP contribution in [0.2, 0.25) is 10.0 Å². The molecule has 2 aromatic rings. The van der Waals surface area contributed by atoms with E-state index in [2.05, 4.69) is 5.32 Å². The van der Waals surface area contributed by atoms with Gasteiger partial charge in [0, 0.05) is 10.7 Å². The Kier molecular flexibility index (Phi) is 7.74. The van der Waals surface area contributed by atoms with Crippen LogP contribution in [0.1, 0.15) is 25.8 Å². The fourth-order valence-corrected chi connectivity index (χ4v) is 2.76. The number of ether oxygens (including phenoxy) is 2. The molecule has 0 aliphatic heterocycles. The molecule has 0 bridgehead atoms. The average Bonchev–Trinajstić information content (AvgIpc) is 2.67. The van der Waals surface area contributed by atoms with Crippen LogP contribution in [-0.4, -0.2) is 19.1 Å². The first kappa shape index (κ1) is 21.6. The molecule has 1 atom stereocenters. The van der Waals surface area contributed by atoms with Crippen LogP contribution in [0, 0.1) is 11.3 Å². The van der Waals surface area contributed by atoms with E-state index >= 15 is 0 Å². The third kappa shape index (κ3) is 5.66. The second kappa shape index (κ2) is 10.0. The highest BCUT2D eigenvalue weighted by Crippen LogP contribution is 2.38. The van der Waals surface area contributed by atoms with Crippen molar-refractivity contribution in [3.8, 4) is 17.6 Å². The van der Waals surface area contributed by atoms with Gasteiger partial charge in [-0.2, -0.15) is 5.26 Å². The largest absolute Gasteiger partial charge is 0.493 e. The minimum Gasteiger partial charge on any atom is -0.493 e. The first-order valence-electron chi connectivity index (χ1n) is 8.60. The first-order chi connectivity index (χ1) is 13.4. The molecule has 146 valence electrons. The van der Waals surface area contributed by atoms with Crippen LogP contribution in [-0.2, 0) is 4.79 Å². The molecule has 1 N–H and O–H groups in total. The summed E-state index contributed by atoms with van der Waals surface area (Å²) in [6.45, 7) is 3.93. The van der Waals surface area contributed by atoms with Crippen LogP contribution >= 0.6 is 23.2 Å². The maximum absolute atomic E-state index is 12.4. The van der Waals surface area contributed by atoms with E-state index in [1.165, 1.54) is 13.2 Å². The van der Waals surface area contributed by atoms with Gasteiger partial charge in [0.25, 0.3) is 5.91 Å². The zero-order valence-corrected chi connectivity index (χ0v) is 17.3. The Labute approximate surface area is 174 Å². The number of nitrogens with one attached hydrogen (secondary N) is 1. The number of carbonyl (C=O) groups is 1. The van der Waals surface area contributed by atoms with Crippen molar-refractivity contribution in [1.29, 1.82) is 5.26 Å². The highest BCUT2D eigenvalue weighted by atomic mass is 35.5. The lowest BCUT2D eigenvalue weighted by Crippen LogP contribution is -2.13. The quantitative estimate of drug-likeness (QED) is 0.460. The number of rotatable bonds is 7. The summed E-state index contributed by atoms with van der Waals surface area (Å²) < 4.78 is 11.2. The summed E-state index contributed by atoms with van der Waals surface area (Å²) in [5, 5.41) is 12.8. The van der Waals surface area contributed by atoms with E-state index in [0.29, 0.717) is 32.8 Å². The van der Waals surface area contributed by atoms with Gasteiger partial charge in [0.15, 0.2) is 11.5 Å². The van der Waals surface area contributed by atoms with Gasteiger partial charge in [0.2, 0.25) is 0 Å². The Morgan fingerprint density at radius 2 is 2.07 bits per heavy atom. The summed E-state index contributed by atoms with van der Waals surface area (Å²) in [6.07, 6.45) is 2.20. The molecule has 1 amide bonds. The van der Waals surface area contributed by atoms with Crippen LogP contribution in [0.3, 0.4) is 0 Å². The van der Waals surface area contributed by atoms with Gasteiger partial charge >= 0.3 is 0 Å². The molecule has 0 aromatic heterocycles. The normalized spacial score (nSPS) is 12.1. The van der Waals surface area contributed by atoms with Gasteiger partial charge in [-0.05, 0) is 55.3 Å². The summed E-state index contributed by atoms with van der Waals surface area (Å²) in [6, 6.07) is 11.8. The number of hydrogen-bond acceptors (Lipinski definition) is 4.